The van der Waals surface area contributed by atoms with E-state index in [0.717, 1.165) is 18.2 Å². The predicted molar refractivity (Wildman–Crippen MR) is 83.2 cm³/mol. The highest BCUT2D eigenvalue weighted by Crippen LogP contribution is 2.36. The largest absolute Gasteiger partial charge is 0.417 e. The van der Waals surface area contributed by atoms with Crippen molar-refractivity contribution in [3.8, 4) is 0 Å². The third kappa shape index (κ3) is 4.30. The summed E-state index contributed by atoms with van der Waals surface area (Å²) in [5.74, 6) is 1.33. The Morgan fingerprint density at radius 1 is 1.38 bits per heavy atom. The first-order valence-corrected chi connectivity index (χ1v) is 7.98. The first-order chi connectivity index (χ1) is 9.77. The van der Waals surface area contributed by atoms with E-state index in [1.54, 1.807) is 0 Å². The van der Waals surface area contributed by atoms with Gasteiger partial charge in [0.2, 0.25) is 0 Å². The fourth-order valence-electron chi connectivity index (χ4n) is 2.02. The third-order valence-corrected chi connectivity index (χ3v) is 4.48. The molecule has 116 valence electrons. The first-order valence-electron chi connectivity index (χ1n) is 6.61. The number of aliphatic imine (C=N–C) groups is 1. The van der Waals surface area contributed by atoms with Crippen LogP contribution in [0.1, 0.15) is 25.8 Å². The zero-order chi connectivity index (χ0) is 15.6. The van der Waals surface area contributed by atoms with Crippen molar-refractivity contribution in [1.82, 2.24) is 0 Å². The van der Waals surface area contributed by atoms with Gasteiger partial charge in [0.1, 0.15) is 0 Å². The molecule has 0 radical (unpaired) electrons. The molecule has 1 N–H and O–H groups in total. The Hall–Kier alpha value is -0.880. The van der Waals surface area contributed by atoms with Gasteiger partial charge in [-0.25, -0.2) is 0 Å². The summed E-state index contributed by atoms with van der Waals surface area (Å²) in [4.78, 5) is 4.55. The Balaban J connectivity index is 2.20. The number of anilines is 1. The topological polar surface area (TPSA) is 24.4 Å². The number of rotatable bonds is 2. The van der Waals surface area contributed by atoms with Crippen LogP contribution in [0.2, 0.25) is 5.02 Å². The van der Waals surface area contributed by atoms with Gasteiger partial charge in [-0.3, -0.25) is 4.99 Å². The SMILES string of the molecule is CC(C)C1CCSC(Nc2ccc(Cl)c(C(F)(F)F)c2)=N1. The van der Waals surface area contributed by atoms with Crippen molar-refractivity contribution in [2.75, 3.05) is 11.1 Å². The van der Waals surface area contributed by atoms with Crippen molar-refractivity contribution in [2.24, 2.45) is 10.9 Å². The minimum Gasteiger partial charge on any atom is -0.335 e. The summed E-state index contributed by atoms with van der Waals surface area (Å²) in [7, 11) is 0. The zero-order valence-electron chi connectivity index (χ0n) is 11.7. The molecule has 1 aliphatic rings. The van der Waals surface area contributed by atoms with Crippen molar-refractivity contribution in [3.63, 3.8) is 0 Å². The molecule has 7 heteroatoms. The molecule has 1 aliphatic heterocycles. The molecule has 0 spiro atoms. The lowest BCUT2D eigenvalue weighted by Crippen LogP contribution is -2.24. The van der Waals surface area contributed by atoms with Gasteiger partial charge in [0.15, 0.2) is 5.17 Å². The normalized spacial score (nSPS) is 19.6. The van der Waals surface area contributed by atoms with Crippen LogP contribution in [0.4, 0.5) is 18.9 Å². The fraction of sp³-hybridized carbons (Fsp3) is 0.500. The fourth-order valence-corrected chi connectivity index (χ4v) is 3.20. The van der Waals surface area contributed by atoms with Crippen LogP contribution in [-0.4, -0.2) is 17.0 Å². The zero-order valence-corrected chi connectivity index (χ0v) is 13.2. The highest BCUT2D eigenvalue weighted by molar-refractivity contribution is 8.14. The van der Waals surface area contributed by atoms with Crippen LogP contribution in [0.3, 0.4) is 0 Å². The quantitative estimate of drug-likeness (QED) is 0.793. The summed E-state index contributed by atoms with van der Waals surface area (Å²) in [6.07, 6.45) is -3.47. The number of hydrogen-bond donors (Lipinski definition) is 1. The summed E-state index contributed by atoms with van der Waals surface area (Å²) in [6.45, 7) is 4.18. The van der Waals surface area contributed by atoms with E-state index in [2.05, 4.69) is 24.2 Å². The number of halogens is 4. The summed E-state index contributed by atoms with van der Waals surface area (Å²) < 4.78 is 38.5. The number of amidine groups is 1. The van der Waals surface area contributed by atoms with Gasteiger partial charge in [-0.1, -0.05) is 37.2 Å². The maximum Gasteiger partial charge on any atom is 0.417 e. The molecule has 1 heterocycles. The minimum absolute atomic E-state index is 0.211. The molecule has 0 fully saturated rings. The average Bonchev–Trinajstić information content (AvgIpc) is 2.40. The summed E-state index contributed by atoms with van der Waals surface area (Å²) in [5.41, 5.74) is -0.488. The monoisotopic (exact) mass is 336 g/mol. The molecule has 0 aromatic heterocycles. The smallest absolute Gasteiger partial charge is 0.335 e. The molecule has 0 saturated heterocycles. The van der Waals surface area contributed by atoms with Crippen molar-refractivity contribution in [2.45, 2.75) is 32.5 Å². The lowest BCUT2D eigenvalue weighted by molar-refractivity contribution is -0.137. The van der Waals surface area contributed by atoms with E-state index in [1.807, 2.05) is 0 Å². The van der Waals surface area contributed by atoms with Gasteiger partial charge in [0, 0.05) is 11.4 Å². The molecule has 0 saturated carbocycles. The molecular formula is C14H16ClF3N2S. The molecule has 0 amide bonds. The van der Waals surface area contributed by atoms with Crippen LogP contribution in [-0.2, 0) is 6.18 Å². The Bertz CT molecular complexity index is 544. The molecular weight excluding hydrogens is 321 g/mol. The van der Waals surface area contributed by atoms with Crippen molar-refractivity contribution < 1.29 is 13.2 Å². The molecule has 1 aromatic rings. The predicted octanol–water partition coefficient (Wildman–Crippen LogP) is 5.29. The number of thioether (sulfide) groups is 1. The third-order valence-electron chi connectivity index (χ3n) is 3.23. The van der Waals surface area contributed by atoms with Gasteiger partial charge in [-0.15, -0.1) is 0 Å². The minimum atomic E-state index is -4.46. The van der Waals surface area contributed by atoms with Gasteiger partial charge in [-0.2, -0.15) is 13.2 Å². The van der Waals surface area contributed by atoms with Crippen LogP contribution in [0, 0.1) is 5.92 Å². The highest BCUT2D eigenvalue weighted by atomic mass is 35.5. The van der Waals surface area contributed by atoms with E-state index in [9.17, 15) is 13.2 Å². The molecule has 0 bridgehead atoms. The lowest BCUT2D eigenvalue weighted by atomic mass is 10.0. The van der Waals surface area contributed by atoms with Gasteiger partial charge < -0.3 is 5.32 Å². The van der Waals surface area contributed by atoms with Crippen LogP contribution < -0.4 is 5.32 Å². The van der Waals surface area contributed by atoms with E-state index >= 15 is 0 Å². The molecule has 1 unspecified atom stereocenters. The van der Waals surface area contributed by atoms with Crippen LogP contribution in [0.15, 0.2) is 23.2 Å². The molecule has 0 aliphatic carbocycles. The maximum atomic E-state index is 12.8. The van der Waals surface area contributed by atoms with Crippen LogP contribution in [0.5, 0.6) is 0 Å². The molecule has 1 aromatic carbocycles. The second-order valence-electron chi connectivity index (χ2n) is 5.20. The number of hydrogen-bond acceptors (Lipinski definition) is 3. The van der Waals surface area contributed by atoms with E-state index in [-0.39, 0.29) is 11.1 Å². The number of alkyl halides is 3. The number of benzene rings is 1. The van der Waals surface area contributed by atoms with Crippen molar-refractivity contribution in [3.05, 3.63) is 28.8 Å². The molecule has 2 rings (SSSR count). The summed E-state index contributed by atoms with van der Waals surface area (Å²) in [5, 5.41) is 3.32. The number of nitrogens with one attached hydrogen (secondary N) is 1. The maximum absolute atomic E-state index is 12.8. The summed E-state index contributed by atoms with van der Waals surface area (Å²) in [6, 6.07) is 4.01. The highest BCUT2D eigenvalue weighted by Gasteiger charge is 2.33. The summed E-state index contributed by atoms with van der Waals surface area (Å²) >= 11 is 7.13. The second-order valence-corrected chi connectivity index (χ2v) is 6.69. The second kappa shape index (κ2) is 6.48. The Labute approximate surface area is 131 Å². The Kier molecular flexibility index (Phi) is 5.09. The Morgan fingerprint density at radius 3 is 2.71 bits per heavy atom. The lowest BCUT2D eigenvalue weighted by Gasteiger charge is -2.23. The van der Waals surface area contributed by atoms with Gasteiger partial charge in [0.25, 0.3) is 0 Å². The van der Waals surface area contributed by atoms with Crippen LogP contribution >= 0.6 is 23.4 Å². The van der Waals surface area contributed by atoms with Crippen molar-refractivity contribution in [1.29, 1.82) is 0 Å². The molecule has 1 atom stereocenters. The molecule has 2 nitrogen and oxygen atoms in total. The van der Waals surface area contributed by atoms with Gasteiger partial charge in [-0.05, 0) is 30.5 Å². The van der Waals surface area contributed by atoms with Gasteiger partial charge >= 0.3 is 6.18 Å². The average molecular weight is 337 g/mol. The first kappa shape index (κ1) is 16.5. The standard InChI is InChI=1S/C14H16ClF3N2S/c1-8(2)12-5-6-21-13(20-12)19-9-3-4-11(15)10(7-9)14(16,17)18/h3-4,7-8,12H,5-6H2,1-2H3,(H,19,20). The van der Waals surface area contributed by atoms with Gasteiger partial charge in [0.05, 0.1) is 16.6 Å². The number of nitrogens with zero attached hydrogens (tertiary/aromatic N) is 1. The van der Waals surface area contributed by atoms with Crippen molar-refractivity contribution >= 4 is 34.2 Å². The van der Waals surface area contributed by atoms with E-state index in [4.69, 9.17) is 11.6 Å². The van der Waals surface area contributed by atoms with Crippen LogP contribution in [0.25, 0.3) is 0 Å². The van der Waals surface area contributed by atoms with E-state index in [0.29, 0.717) is 16.8 Å². The Morgan fingerprint density at radius 2 is 2.10 bits per heavy atom. The molecule has 21 heavy (non-hydrogen) atoms. The van der Waals surface area contributed by atoms with E-state index in [1.165, 1.54) is 23.9 Å². The van der Waals surface area contributed by atoms with E-state index < -0.39 is 11.7 Å².